The third-order valence-electron chi connectivity index (χ3n) is 1.22. The van der Waals surface area contributed by atoms with Crippen molar-refractivity contribution in [1.82, 2.24) is 10.4 Å². The molecule has 0 fully saturated rings. The molecule has 0 saturated carbocycles. The first-order valence-corrected chi connectivity index (χ1v) is 3.88. The summed E-state index contributed by atoms with van der Waals surface area (Å²) in [6, 6.07) is -0.500. The molecule has 0 rings (SSSR count). The zero-order valence-corrected chi connectivity index (χ0v) is 7.78. The van der Waals surface area contributed by atoms with Crippen LogP contribution in [0.3, 0.4) is 0 Å². The van der Waals surface area contributed by atoms with Crippen LogP contribution in [0.25, 0.3) is 0 Å². The Kier molecular flexibility index (Phi) is 5.18. The van der Waals surface area contributed by atoms with E-state index in [9.17, 15) is 9.59 Å². The number of hydrazine groups is 1. The summed E-state index contributed by atoms with van der Waals surface area (Å²) in [5, 5.41) is 1.10. The van der Waals surface area contributed by atoms with Crippen LogP contribution < -0.4 is 5.43 Å². The topological polar surface area (TPSA) is 61.8 Å². The highest BCUT2D eigenvalue weighted by molar-refractivity contribution is 5.90. The Morgan fingerprint density at radius 1 is 1.62 bits per heavy atom. The van der Waals surface area contributed by atoms with Gasteiger partial charge in [-0.2, -0.15) is 0 Å². The van der Waals surface area contributed by atoms with E-state index in [-0.39, 0.29) is 0 Å². The van der Waals surface area contributed by atoms with Gasteiger partial charge in [0.2, 0.25) is 0 Å². The maximum Gasteiger partial charge on any atom is 0.361 e. The lowest BCUT2D eigenvalue weighted by molar-refractivity contribution is -0.119. The van der Waals surface area contributed by atoms with Gasteiger partial charge in [-0.1, -0.05) is 6.58 Å². The number of carbonyl (C=O) groups excluding carboxylic acids is 2. The lowest BCUT2D eigenvalue weighted by Gasteiger charge is -2.17. The second-order valence-corrected chi connectivity index (χ2v) is 2.09. The lowest BCUT2D eigenvalue weighted by atomic mass is 10.6. The number of nitrogens with one attached hydrogen (secondary N) is 1. The van der Waals surface area contributed by atoms with Gasteiger partial charge in [0.05, 0.1) is 0 Å². The molecule has 0 aliphatic rings. The molecule has 0 heterocycles. The Morgan fingerprint density at radius 3 is 2.62 bits per heavy atom. The van der Waals surface area contributed by atoms with Crippen molar-refractivity contribution >= 4 is 18.2 Å². The van der Waals surface area contributed by atoms with Gasteiger partial charge in [-0.3, -0.25) is 10.2 Å². The van der Waals surface area contributed by atoms with Crippen molar-refractivity contribution in [3.8, 4) is 0 Å². The normalized spacial score (nSPS) is 9.69. The molecule has 0 aromatic carbocycles. The number of amides is 3. The maximum absolute atomic E-state index is 11.1. The number of hydrogen-bond acceptors (Lipinski definition) is 2. The van der Waals surface area contributed by atoms with Crippen molar-refractivity contribution in [3.05, 3.63) is 12.7 Å². The Labute approximate surface area is 77.1 Å². The van der Waals surface area contributed by atoms with Crippen molar-refractivity contribution in [1.29, 1.82) is 0 Å². The van der Waals surface area contributed by atoms with Gasteiger partial charge in [-0.25, -0.2) is 14.8 Å². The molecule has 0 aliphatic heterocycles. The van der Waals surface area contributed by atoms with Crippen LogP contribution in [0.15, 0.2) is 17.6 Å². The summed E-state index contributed by atoms with van der Waals surface area (Å²) in [5.74, 6) is -0.429. The first kappa shape index (κ1) is 11.4. The van der Waals surface area contributed by atoms with E-state index in [1.54, 1.807) is 13.8 Å². The highest BCUT2D eigenvalue weighted by Gasteiger charge is 2.10. The van der Waals surface area contributed by atoms with E-state index in [1.165, 1.54) is 6.21 Å². The summed E-state index contributed by atoms with van der Waals surface area (Å²) < 4.78 is 0. The van der Waals surface area contributed by atoms with Crippen LogP contribution in [0.2, 0.25) is 0 Å². The second kappa shape index (κ2) is 5.93. The number of nitrogens with zero attached hydrogens (tertiary/aromatic N) is 2. The summed E-state index contributed by atoms with van der Waals surface area (Å²) in [6.45, 7) is 6.98. The minimum absolute atomic E-state index is 0.357. The Hall–Kier alpha value is -1.65. The molecule has 3 amide bonds. The van der Waals surface area contributed by atoms with Crippen LogP contribution in [-0.2, 0) is 4.79 Å². The summed E-state index contributed by atoms with van der Waals surface area (Å²) >= 11 is 0. The average Bonchev–Trinajstić information content (AvgIpc) is 2.14. The Morgan fingerprint density at radius 2 is 2.23 bits per heavy atom. The van der Waals surface area contributed by atoms with E-state index >= 15 is 0 Å². The fourth-order valence-electron chi connectivity index (χ4n) is 0.621. The van der Waals surface area contributed by atoms with Crippen LogP contribution in [0.1, 0.15) is 13.8 Å². The molecule has 5 nitrogen and oxygen atoms in total. The smallest absolute Gasteiger partial charge is 0.268 e. The van der Waals surface area contributed by atoms with E-state index in [4.69, 9.17) is 0 Å². The molecule has 1 N–H and O–H groups in total. The molecule has 0 aromatic heterocycles. The van der Waals surface area contributed by atoms with Crippen molar-refractivity contribution in [2.24, 2.45) is 4.99 Å². The molecule has 72 valence electrons. The van der Waals surface area contributed by atoms with Crippen molar-refractivity contribution in [2.45, 2.75) is 13.8 Å². The number of carbonyl (C=O) groups is 2. The summed E-state index contributed by atoms with van der Waals surface area (Å²) in [7, 11) is 0. The first-order chi connectivity index (χ1) is 6.15. The number of urea groups is 1. The number of aliphatic imine (C=N–C) groups is 1. The van der Waals surface area contributed by atoms with Crippen LogP contribution in [0.4, 0.5) is 4.79 Å². The second-order valence-electron chi connectivity index (χ2n) is 2.09. The van der Waals surface area contributed by atoms with E-state index in [0.717, 1.165) is 11.1 Å². The highest BCUT2D eigenvalue weighted by atomic mass is 16.2. The molecular formula is C8H13N3O2. The third kappa shape index (κ3) is 4.05. The first-order valence-electron chi connectivity index (χ1n) is 3.88. The van der Waals surface area contributed by atoms with E-state index in [0.29, 0.717) is 6.54 Å². The number of rotatable bonds is 2. The van der Waals surface area contributed by atoms with Gasteiger partial charge in [-0.15, -0.1) is 0 Å². The quantitative estimate of drug-likeness (QED) is 0.390. The van der Waals surface area contributed by atoms with Gasteiger partial charge in [0.25, 0.3) is 5.91 Å². The zero-order chi connectivity index (χ0) is 10.3. The van der Waals surface area contributed by atoms with Gasteiger partial charge in [-0.05, 0) is 19.9 Å². The maximum atomic E-state index is 11.1. The molecule has 0 spiro atoms. The Bertz CT molecular complexity index is 236. The molecule has 13 heavy (non-hydrogen) atoms. The molecule has 0 radical (unpaired) electrons. The van der Waals surface area contributed by atoms with Crippen LogP contribution >= 0.6 is 0 Å². The molecule has 0 atom stereocenters. The Balaban J connectivity index is 4.25. The zero-order valence-electron chi connectivity index (χ0n) is 7.78. The standard InChI is InChI=1S/C8H13N3O2/c1-4-7(12)10-11(6-3)8(13)9-5-2/h4-5H,1,6H2,2-3H3,(H,10,12). The number of hydrogen-bond donors (Lipinski definition) is 1. The van der Waals surface area contributed by atoms with Gasteiger partial charge < -0.3 is 0 Å². The SMILES string of the molecule is C=CC(=O)NN(CC)C(=O)N=CC. The molecule has 0 bridgehead atoms. The summed E-state index contributed by atoms with van der Waals surface area (Å²) in [6.07, 6.45) is 2.46. The lowest BCUT2D eigenvalue weighted by Crippen LogP contribution is -2.44. The molecule has 5 heteroatoms. The predicted molar refractivity (Wildman–Crippen MR) is 50.3 cm³/mol. The largest absolute Gasteiger partial charge is 0.361 e. The van der Waals surface area contributed by atoms with Gasteiger partial charge in [0.1, 0.15) is 0 Å². The average molecular weight is 183 g/mol. The predicted octanol–water partition coefficient (Wildman–Crippen LogP) is 0.736. The minimum Gasteiger partial charge on any atom is -0.268 e. The van der Waals surface area contributed by atoms with Crippen LogP contribution in [0, 0.1) is 0 Å². The van der Waals surface area contributed by atoms with E-state index < -0.39 is 11.9 Å². The summed E-state index contributed by atoms with van der Waals surface area (Å²) in [5.41, 5.74) is 2.31. The molecule has 0 aromatic rings. The van der Waals surface area contributed by atoms with Crippen LogP contribution in [-0.4, -0.2) is 29.7 Å². The van der Waals surface area contributed by atoms with E-state index in [2.05, 4.69) is 17.0 Å². The van der Waals surface area contributed by atoms with Crippen LogP contribution in [0.5, 0.6) is 0 Å². The van der Waals surface area contributed by atoms with Crippen molar-refractivity contribution in [3.63, 3.8) is 0 Å². The molecular weight excluding hydrogens is 170 g/mol. The van der Waals surface area contributed by atoms with E-state index in [1.807, 2.05) is 0 Å². The fourth-order valence-corrected chi connectivity index (χ4v) is 0.621. The summed E-state index contributed by atoms with van der Waals surface area (Å²) in [4.78, 5) is 25.4. The van der Waals surface area contributed by atoms with Gasteiger partial charge >= 0.3 is 6.03 Å². The van der Waals surface area contributed by atoms with Crippen molar-refractivity contribution < 1.29 is 9.59 Å². The monoisotopic (exact) mass is 183 g/mol. The molecule has 0 aliphatic carbocycles. The minimum atomic E-state index is -0.500. The molecule has 0 saturated heterocycles. The van der Waals surface area contributed by atoms with Gasteiger partial charge in [0, 0.05) is 12.8 Å². The van der Waals surface area contributed by atoms with Crippen molar-refractivity contribution in [2.75, 3.05) is 6.54 Å². The highest BCUT2D eigenvalue weighted by Crippen LogP contribution is 1.88. The fraction of sp³-hybridized carbons (Fsp3) is 0.375. The third-order valence-corrected chi connectivity index (χ3v) is 1.22. The van der Waals surface area contributed by atoms with Gasteiger partial charge in [0.15, 0.2) is 0 Å². The molecule has 0 unspecified atom stereocenters.